The van der Waals surface area contributed by atoms with Gasteiger partial charge in [-0.1, -0.05) is 26.0 Å². The largest absolute Gasteiger partial charge is 0.313 e. The van der Waals surface area contributed by atoms with E-state index in [4.69, 9.17) is 0 Å². The van der Waals surface area contributed by atoms with Gasteiger partial charge in [-0.2, -0.15) is 0 Å². The Balaban J connectivity index is 1.96. The number of hydrogen-bond donors (Lipinski definition) is 1. The molecule has 0 saturated heterocycles. The second kappa shape index (κ2) is 6.70. The maximum atomic E-state index is 4.26. The minimum atomic E-state index is 0.540. The predicted octanol–water partition coefficient (Wildman–Crippen LogP) is 2.94. The molecule has 4 heteroatoms. The zero-order valence-electron chi connectivity index (χ0n) is 13.5. The minimum Gasteiger partial charge on any atom is -0.313 e. The lowest BCUT2D eigenvalue weighted by Crippen LogP contribution is -2.41. The standard InChI is InChI=1S/C16H30N4/c1-5-10-17-15(11-14-12-20(4)19-18-14)13-6-8-16(2,3)9-7-13/h12-13,15,17H,5-11H2,1-4H3. The molecule has 1 aliphatic rings. The summed E-state index contributed by atoms with van der Waals surface area (Å²) < 4.78 is 1.80. The lowest BCUT2D eigenvalue weighted by atomic mass is 9.70. The van der Waals surface area contributed by atoms with Crippen molar-refractivity contribution in [1.82, 2.24) is 20.3 Å². The highest BCUT2D eigenvalue weighted by molar-refractivity contribution is 4.98. The average Bonchev–Trinajstić information content (AvgIpc) is 2.80. The molecule has 0 bridgehead atoms. The third-order valence-corrected chi connectivity index (χ3v) is 4.69. The first-order chi connectivity index (χ1) is 9.50. The average molecular weight is 278 g/mol. The summed E-state index contributed by atoms with van der Waals surface area (Å²) in [6, 6.07) is 0.558. The first kappa shape index (κ1) is 15.5. The minimum absolute atomic E-state index is 0.540. The fourth-order valence-corrected chi connectivity index (χ4v) is 3.27. The molecule has 0 amide bonds. The molecule has 0 spiro atoms. The third kappa shape index (κ3) is 4.30. The Morgan fingerprint density at radius 1 is 1.40 bits per heavy atom. The van der Waals surface area contributed by atoms with E-state index in [1.54, 1.807) is 4.68 Å². The molecule has 0 aromatic carbocycles. The molecule has 1 saturated carbocycles. The summed E-state index contributed by atoms with van der Waals surface area (Å²) in [7, 11) is 1.94. The number of nitrogens with one attached hydrogen (secondary N) is 1. The highest BCUT2D eigenvalue weighted by Crippen LogP contribution is 2.39. The lowest BCUT2D eigenvalue weighted by molar-refractivity contribution is 0.160. The molecule has 114 valence electrons. The molecule has 1 aromatic rings. The quantitative estimate of drug-likeness (QED) is 0.870. The van der Waals surface area contributed by atoms with E-state index in [0.29, 0.717) is 11.5 Å². The van der Waals surface area contributed by atoms with Gasteiger partial charge in [-0.25, -0.2) is 0 Å². The summed E-state index contributed by atoms with van der Waals surface area (Å²) >= 11 is 0. The summed E-state index contributed by atoms with van der Waals surface area (Å²) in [6.45, 7) is 8.14. The molecule has 4 nitrogen and oxygen atoms in total. The van der Waals surface area contributed by atoms with Crippen molar-refractivity contribution in [3.63, 3.8) is 0 Å². The van der Waals surface area contributed by atoms with Crippen LogP contribution in [-0.4, -0.2) is 27.6 Å². The first-order valence-electron chi connectivity index (χ1n) is 8.09. The number of aryl methyl sites for hydroxylation is 1. The van der Waals surface area contributed by atoms with E-state index in [9.17, 15) is 0 Å². The van der Waals surface area contributed by atoms with Crippen molar-refractivity contribution in [3.05, 3.63) is 11.9 Å². The number of hydrogen-bond acceptors (Lipinski definition) is 3. The van der Waals surface area contributed by atoms with Gasteiger partial charge in [-0.05, 0) is 50.0 Å². The van der Waals surface area contributed by atoms with Crippen molar-refractivity contribution in [2.75, 3.05) is 6.54 Å². The lowest BCUT2D eigenvalue weighted by Gasteiger charge is -2.38. The topological polar surface area (TPSA) is 42.7 Å². The van der Waals surface area contributed by atoms with Crippen LogP contribution in [0, 0.1) is 11.3 Å². The van der Waals surface area contributed by atoms with Gasteiger partial charge in [0.15, 0.2) is 0 Å². The Kier molecular flexibility index (Phi) is 5.19. The monoisotopic (exact) mass is 278 g/mol. The SMILES string of the molecule is CCCNC(Cc1cn(C)nn1)C1CCC(C)(C)CC1. The predicted molar refractivity (Wildman–Crippen MR) is 82.5 cm³/mol. The fraction of sp³-hybridized carbons (Fsp3) is 0.875. The second-order valence-electron chi connectivity index (χ2n) is 7.15. The normalized spacial score (nSPS) is 21.0. The van der Waals surface area contributed by atoms with Crippen LogP contribution < -0.4 is 5.32 Å². The van der Waals surface area contributed by atoms with Crippen LogP contribution in [0.2, 0.25) is 0 Å². The van der Waals surface area contributed by atoms with Gasteiger partial charge in [0.1, 0.15) is 0 Å². The molecule has 20 heavy (non-hydrogen) atoms. The van der Waals surface area contributed by atoms with E-state index in [2.05, 4.69) is 36.4 Å². The molecular formula is C16H30N4. The Bertz CT molecular complexity index is 400. The molecule has 2 rings (SSSR count). The van der Waals surface area contributed by atoms with E-state index in [1.165, 1.54) is 32.1 Å². The molecule has 1 fully saturated rings. The van der Waals surface area contributed by atoms with Gasteiger partial charge in [0, 0.05) is 25.7 Å². The van der Waals surface area contributed by atoms with Crippen LogP contribution in [0.4, 0.5) is 0 Å². The Morgan fingerprint density at radius 3 is 2.65 bits per heavy atom. The maximum Gasteiger partial charge on any atom is 0.0842 e. The molecule has 1 aliphatic carbocycles. The Hall–Kier alpha value is -0.900. The summed E-state index contributed by atoms with van der Waals surface area (Å²) in [5.74, 6) is 0.789. The number of nitrogens with zero attached hydrogens (tertiary/aromatic N) is 3. The zero-order valence-corrected chi connectivity index (χ0v) is 13.5. The molecule has 1 atom stereocenters. The van der Waals surface area contributed by atoms with Crippen LogP contribution in [0.1, 0.15) is 58.6 Å². The Labute approximate surface area is 123 Å². The van der Waals surface area contributed by atoms with Crippen molar-refractivity contribution in [2.24, 2.45) is 18.4 Å². The molecule has 1 N–H and O–H groups in total. The molecule has 1 heterocycles. The van der Waals surface area contributed by atoms with E-state index in [1.807, 2.05) is 13.2 Å². The summed E-state index contributed by atoms with van der Waals surface area (Å²) in [6.07, 6.45) is 9.63. The molecule has 0 radical (unpaired) electrons. The third-order valence-electron chi connectivity index (χ3n) is 4.69. The van der Waals surface area contributed by atoms with Gasteiger partial charge < -0.3 is 5.32 Å². The van der Waals surface area contributed by atoms with Crippen molar-refractivity contribution in [1.29, 1.82) is 0 Å². The number of rotatable bonds is 6. The van der Waals surface area contributed by atoms with Gasteiger partial charge >= 0.3 is 0 Å². The van der Waals surface area contributed by atoms with Crippen LogP contribution in [0.25, 0.3) is 0 Å². The second-order valence-corrected chi connectivity index (χ2v) is 7.15. The molecule has 0 aliphatic heterocycles. The van der Waals surface area contributed by atoms with Crippen molar-refractivity contribution < 1.29 is 0 Å². The van der Waals surface area contributed by atoms with Gasteiger partial charge in [0.25, 0.3) is 0 Å². The van der Waals surface area contributed by atoms with Gasteiger partial charge in [0.05, 0.1) is 5.69 Å². The van der Waals surface area contributed by atoms with Crippen LogP contribution in [0.3, 0.4) is 0 Å². The maximum absolute atomic E-state index is 4.26. The van der Waals surface area contributed by atoms with E-state index in [-0.39, 0.29) is 0 Å². The van der Waals surface area contributed by atoms with E-state index in [0.717, 1.165) is 24.6 Å². The fourth-order valence-electron chi connectivity index (χ4n) is 3.27. The zero-order chi connectivity index (χ0) is 14.6. The molecule has 1 aromatic heterocycles. The number of aromatic nitrogens is 3. The van der Waals surface area contributed by atoms with Crippen LogP contribution in [0.15, 0.2) is 6.20 Å². The van der Waals surface area contributed by atoms with Crippen LogP contribution in [-0.2, 0) is 13.5 Å². The van der Waals surface area contributed by atoms with Gasteiger partial charge in [-0.3, -0.25) is 4.68 Å². The Morgan fingerprint density at radius 2 is 2.10 bits per heavy atom. The summed E-state index contributed by atoms with van der Waals surface area (Å²) in [4.78, 5) is 0. The van der Waals surface area contributed by atoms with E-state index >= 15 is 0 Å². The first-order valence-corrected chi connectivity index (χ1v) is 8.09. The summed E-state index contributed by atoms with van der Waals surface area (Å²) in [5.41, 5.74) is 1.66. The van der Waals surface area contributed by atoms with Crippen LogP contribution in [0.5, 0.6) is 0 Å². The summed E-state index contributed by atoms with van der Waals surface area (Å²) in [5, 5.41) is 12.1. The van der Waals surface area contributed by atoms with Crippen molar-refractivity contribution in [2.45, 2.75) is 65.3 Å². The van der Waals surface area contributed by atoms with Crippen molar-refractivity contribution in [3.8, 4) is 0 Å². The van der Waals surface area contributed by atoms with Gasteiger partial charge in [0.2, 0.25) is 0 Å². The van der Waals surface area contributed by atoms with E-state index < -0.39 is 0 Å². The van der Waals surface area contributed by atoms with Crippen LogP contribution >= 0.6 is 0 Å². The smallest absolute Gasteiger partial charge is 0.0842 e. The molecule has 1 unspecified atom stereocenters. The highest BCUT2D eigenvalue weighted by atomic mass is 15.4. The van der Waals surface area contributed by atoms with Gasteiger partial charge in [-0.15, -0.1) is 5.10 Å². The van der Waals surface area contributed by atoms with Crippen molar-refractivity contribution >= 4 is 0 Å². The molecular weight excluding hydrogens is 248 g/mol. The highest BCUT2D eigenvalue weighted by Gasteiger charge is 2.31.